The van der Waals surface area contributed by atoms with Crippen LogP contribution in [0.2, 0.25) is 0 Å². The predicted octanol–water partition coefficient (Wildman–Crippen LogP) is 2.00. The number of carbonyl (C=O) groups is 1. The summed E-state index contributed by atoms with van der Waals surface area (Å²) in [5.41, 5.74) is 1.02. The van der Waals surface area contributed by atoms with Gasteiger partial charge in [0, 0.05) is 24.7 Å². The van der Waals surface area contributed by atoms with Crippen molar-refractivity contribution in [3.8, 4) is 11.5 Å². The summed E-state index contributed by atoms with van der Waals surface area (Å²) in [6, 6.07) is 5.66. The average Bonchev–Trinajstić information content (AvgIpc) is 2.43. The molecule has 106 valence electrons. The maximum absolute atomic E-state index is 10.6. The summed E-state index contributed by atoms with van der Waals surface area (Å²) < 4.78 is 10.5. The van der Waals surface area contributed by atoms with Gasteiger partial charge in [-0.15, -0.1) is 0 Å². The molecule has 0 aliphatic carbocycles. The molecule has 0 aliphatic heterocycles. The normalized spacial score (nSPS) is 10.5. The molecule has 0 heterocycles. The van der Waals surface area contributed by atoms with Crippen LogP contribution in [-0.2, 0) is 11.3 Å². The van der Waals surface area contributed by atoms with E-state index in [1.165, 1.54) is 0 Å². The molecule has 0 spiro atoms. The quantitative estimate of drug-likeness (QED) is 0.780. The van der Waals surface area contributed by atoms with E-state index in [2.05, 4.69) is 4.90 Å². The van der Waals surface area contributed by atoms with Gasteiger partial charge in [-0.2, -0.15) is 0 Å². The molecule has 1 aromatic rings. The van der Waals surface area contributed by atoms with Gasteiger partial charge in [0.15, 0.2) is 0 Å². The highest BCUT2D eigenvalue weighted by Gasteiger charge is 2.10. The van der Waals surface area contributed by atoms with Crippen molar-refractivity contribution in [3.05, 3.63) is 23.8 Å². The molecule has 0 bridgehead atoms. The Bertz CT molecular complexity index is 420. The van der Waals surface area contributed by atoms with Crippen LogP contribution in [0.3, 0.4) is 0 Å². The van der Waals surface area contributed by atoms with Crippen LogP contribution in [0.25, 0.3) is 0 Å². The zero-order valence-corrected chi connectivity index (χ0v) is 11.7. The zero-order valence-electron chi connectivity index (χ0n) is 11.7. The van der Waals surface area contributed by atoms with E-state index in [1.54, 1.807) is 14.2 Å². The third-order valence-corrected chi connectivity index (χ3v) is 2.98. The lowest BCUT2D eigenvalue weighted by Crippen LogP contribution is -2.25. The molecule has 0 amide bonds. The van der Waals surface area contributed by atoms with Crippen molar-refractivity contribution in [3.63, 3.8) is 0 Å². The van der Waals surface area contributed by atoms with Crippen LogP contribution in [0.1, 0.15) is 18.9 Å². The molecule has 1 aromatic carbocycles. The van der Waals surface area contributed by atoms with E-state index >= 15 is 0 Å². The summed E-state index contributed by atoms with van der Waals surface area (Å²) in [5.74, 6) is 0.724. The van der Waals surface area contributed by atoms with Crippen molar-refractivity contribution in [2.24, 2.45) is 0 Å². The van der Waals surface area contributed by atoms with E-state index in [1.807, 2.05) is 25.1 Å². The lowest BCUT2D eigenvalue weighted by Gasteiger charge is -2.21. The van der Waals surface area contributed by atoms with Gasteiger partial charge in [0.05, 0.1) is 20.6 Å². The highest BCUT2D eigenvalue weighted by atomic mass is 16.5. The van der Waals surface area contributed by atoms with Crippen LogP contribution in [0.15, 0.2) is 18.2 Å². The number of methoxy groups -OCH3 is 2. The largest absolute Gasteiger partial charge is 0.497 e. The molecule has 5 nitrogen and oxygen atoms in total. The second kappa shape index (κ2) is 7.63. The Morgan fingerprint density at radius 1 is 1.32 bits per heavy atom. The first kappa shape index (κ1) is 15.3. The molecule has 0 saturated heterocycles. The lowest BCUT2D eigenvalue weighted by molar-refractivity contribution is -0.137. The van der Waals surface area contributed by atoms with Crippen LogP contribution in [0.5, 0.6) is 11.5 Å². The van der Waals surface area contributed by atoms with E-state index in [0.29, 0.717) is 13.1 Å². The van der Waals surface area contributed by atoms with Gasteiger partial charge in [-0.05, 0) is 12.6 Å². The molecule has 0 aliphatic rings. The van der Waals surface area contributed by atoms with E-state index in [0.717, 1.165) is 23.6 Å². The number of nitrogens with zero attached hydrogens (tertiary/aromatic N) is 1. The SMILES string of the molecule is CCN(CCC(=O)O)Cc1ccc(OC)cc1OC. The number of hydrogen-bond donors (Lipinski definition) is 1. The number of aliphatic carboxylic acids is 1. The summed E-state index contributed by atoms with van der Waals surface area (Å²) in [6.45, 7) is 4.00. The van der Waals surface area contributed by atoms with Crippen molar-refractivity contribution in [1.29, 1.82) is 0 Å². The van der Waals surface area contributed by atoms with Crippen molar-refractivity contribution < 1.29 is 19.4 Å². The lowest BCUT2D eigenvalue weighted by atomic mass is 10.1. The first-order valence-corrected chi connectivity index (χ1v) is 6.25. The van der Waals surface area contributed by atoms with Crippen LogP contribution < -0.4 is 9.47 Å². The third-order valence-electron chi connectivity index (χ3n) is 2.98. The van der Waals surface area contributed by atoms with Gasteiger partial charge in [-0.25, -0.2) is 0 Å². The fourth-order valence-electron chi connectivity index (χ4n) is 1.83. The molecule has 0 aromatic heterocycles. The van der Waals surface area contributed by atoms with E-state index < -0.39 is 5.97 Å². The number of carboxylic acid groups (broad SMARTS) is 1. The first-order valence-electron chi connectivity index (χ1n) is 6.25. The van der Waals surface area contributed by atoms with Crippen molar-refractivity contribution in [2.75, 3.05) is 27.3 Å². The van der Waals surface area contributed by atoms with Crippen LogP contribution in [0, 0.1) is 0 Å². The van der Waals surface area contributed by atoms with Gasteiger partial charge in [0.2, 0.25) is 0 Å². The van der Waals surface area contributed by atoms with Gasteiger partial charge in [0.25, 0.3) is 0 Å². The van der Waals surface area contributed by atoms with Crippen LogP contribution in [-0.4, -0.2) is 43.3 Å². The number of rotatable bonds is 8. The molecular formula is C14H21NO4. The summed E-state index contributed by atoms with van der Waals surface area (Å²) in [7, 11) is 3.23. The first-order chi connectivity index (χ1) is 9.10. The van der Waals surface area contributed by atoms with Crippen LogP contribution >= 0.6 is 0 Å². The van der Waals surface area contributed by atoms with E-state index in [4.69, 9.17) is 14.6 Å². The molecule has 0 radical (unpaired) electrons. The molecule has 0 unspecified atom stereocenters. The highest BCUT2D eigenvalue weighted by Crippen LogP contribution is 2.25. The minimum Gasteiger partial charge on any atom is -0.497 e. The number of carboxylic acids is 1. The molecule has 19 heavy (non-hydrogen) atoms. The van der Waals surface area contributed by atoms with Gasteiger partial charge < -0.3 is 14.6 Å². The standard InChI is InChI=1S/C14H21NO4/c1-4-15(8-7-14(16)17)10-11-5-6-12(18-2)9-13(11)19-3/h5-6,9H,4,7-8,10H2,1-3H3,(H,16,17). The maximum Gasteiger partial charge on any atom is 0.304 e. The minimum absolute atomic E-state index is 0.145. The summed E-state index contributed by atoms with van der Waals surface area (Å²) in [5, 5.41) is 8.73. The Labute approximate surface area is 113 Å². The topological polar surface area (TPSA) is 59.0 Å². The van der Waals surface area contributed by atoms with Gasteiger partial charge in [-0.3, -0.25) is 9.69 Å². The fraction of sp³-hybridized carbons (Fsp3) is 0.500. The third kappa shape index (κ3) is 4.79. The summed E-state index contributed by atoms with van der Waals surface area (Å²) >= 11 is 0. The Morgan fingerprint density at radius 2 is 2.05 bits per heavy atom. The molecule has 0 saturated carbocycles. The van der Waals surface area contributed by atoms with E-state index in [-0.39, 0.29) is 6.42 Å². The molecular weight excluding hydrogens is 246 g/mol. The van der Waals surface area contributed by atoms with E-state index in [9.17, 15) is 4.79 Å². The smallest absolute Gasteiger partial charge is 0.304 e. The number of ether oxygens (including phenoxy) is 2. The summed E-state index contributed by atoms with van der Waals surface area (Å²) in [4.78, 5) is 12.7. The second-order valence-corrected chi connectivity index (χ2v) is 4.19. The van der Waals surface area contributed by atoms with Gasteiger partial charge in [-0.1, -0.05) is 13.0 Å². The van der Waals surface area contributed by atoms with Crippen molar-refractivity contribution in [1.82, 2.24) is 4.90 Å². The molecule has 1 N–H and O–H groups in total. The van der Waals surface area contributed by atoms with Crippen molar-refractivity contribution in [2.45, 2.75) is 19.9 Å². The zero-order chi connectivity index (χ0) is 14.3. The minimum atomic E-state index is -0.778. The summed E-state index contributed by atoms with van der Waals surface area (Å²) in [6.07, 6.45) is 0.145. The molecule has 1 rings (SSSR count). The Balaban J connectivity index is 2.75. The average molecular weight is 267 g/mol. The number of benzene rings is 1. The van der Waals surface area contributed by atoms with Gasteiger partial charge in [0.1, 0.15) is 11.5 Å². The molecule has 5 heteroatoms. The predicted molar refractivity (Wildman–Crippen MR) is 72.7 cm³/mol. The fourth-order valence-corrected chi connectivity index (χ4v) is 1.83. The Kier molecular flexibility index (Phi) is 6.15. The second-order valence-electron chi connectivity index (χ2n) is 4.19. The van der Waals surface area contributed by atoms with Gasteiger partial charge >= 0.3 is 5.97 Å². The van der Waals surface area contributed by atoms with Crippen molar-refractivity contribution >= 4 is 5.97 Å². The monoisotopic (exact) mass is 267 g/mol. The highest BCUT2D eigenvalue weighted by molar-refractivity contribution is 5.66. The number of hydrogen-bond acceptors (Lipinski definition) is 4. The Morgan fingerprint density at radius 3 is 2.58 bits per heavy atom. The molecule has 0 fully saturated rings. The Hall–Kier alpha value is -1.75. The maximum atomic E-state index is 10.6. The molecule has 0 atom stereocenters. The van der Waals surface area contributed by atoms with Crippen LogP contribution in [0.4, 0.5) is 0 Å².